The van der Waals surface area contributed by atoms with Gasteiger partial charge in [0.25, 0.3) is 0 Å². The number of hydrogen-bond acceptors (Lipinski definition) is 1. The molecule has 1 N–H and O–H groups in total. The van der Waals surface area contributed by atoms with E-state index in [0.29, 0.717) is 5.41 Å². The number of carboxylic acid groups (broad SMARTS) is 1. The summed E-state index contributed by atoms with van der Waals surface area (Å²) in [5.41, 5.74) is 0.0679. The van der Waals surface area contributed by atoms with E-state index in [1.54, 1.807) is 0 Å². The summed E-state index contributed by atoms with van der Waals surface area (Å²) in [6, 6.07) is 0. The lowest BCUT2D eigenvalue weighted by Gasteiger charge is -2.35. The largest absolute Gasteiger partial charge is 0.481 e. The minimum absolute atomic E-state index is 0.473. The van der Waals surface area contributed by atoms with Crippen LogP contribution in [0.25, 0.3) is 0 Å². The van der Waals surface area contributed by atoms with Crippen LogP contribution >= 0.6 is 0 Å². The first-order chi connectivity index (χ1) is 19.5. The van der Waals surface area contributed by atoms with E-state index in [1.165, 1.54) is 154 Å². The summed E-state index contributed by atoms with van der Waals surface area (Å²) in [6.45, 7) is 11.5. The topological polar surface area (TPSA) is 37.3 Å². The third-order valence-electron chi connectivity index (χ3n) is 10.0. The molecule has 40 heavy (non-hydrogen) atoms. The van der Waals surface area contributed by atoms with Gasteiger partial charge in [-0.3, -0.25) is 4.79 Å². The molecule has 0 fully saturated rings. The highest BCUT2D eigenvalue weighted by Crippen LogP contribution is 2.43. The quantitative estimate of drug-likeness (QED) is 0.0825. The Morgan fingerprint density at radius 3 is 0.825 bits per heavy atom. The fraction of sp³-hybridized carbons (Fsp3) is 0.974. The molecule has 2 heteroatoms. The molecular formula is C38H76O2. The van der Waals surface area contributed by atoms with Crippen molar-refractivity contribution < 1.29 is 9.90 Å². The lowest BCUT2D eigenvalue weighted by Crippen LogP contribution is -2.31. The smallest absolute Gasteiger partial charge is 0.309 e. The zero-order valence-corrected chi connectivity index (χ0v) is 28.6. The van der Waals surface area contributed by atoms with Crippen molar-refractivity contribution in [2.75, 3.05) is 0 Å². The highest BCUT2D eigenvalue weighted by atomic mass is 16.4. The van der Waals surface area contributed by atoms with Gasteiger partial charge in [0.15, 0.2) is 0 Å². The van der Waals surface area contributed by atoms with E-state index in [4.69, 9.17) is 0 Å². The fourth-order valence-electron chi connectivity index (χ4n) is 7.15. The van der Waals surface area contributed by atoms with E-state index in [1.807, 2.05) is 0 Å². The molecule has 0 atom stereocenters. The van der Waals surface area contributed by atoms with Crippen LogP contribution in [0.1, 0.15) is 227 Å². The van der Waals surface area contributed by atoms with Crippen molar-refractivity contribution in [1.82, 2.24) is 0 Å². The first-order valence-corrected chi connectivity index (χ1v) is 18.7. The van der Waals surface area contributed by atoms with Crippen molar-refractivity contribution in [3.8, 4) is 0 Å². The van der Waals surface area contributed by atoms with Crippen molar-refractivity contribution in [3.05, 3.63) is 0 Å². The van der Waals surface area contributed by atoms with Crippen molar-refractivity contribution in [2.45, 2.75) is 227 Å². The number of carbonyl (C=O) groups is 1. The van der Waals surface area contributed by atoms with Gasteiger partial charge >= 0.3 is 5.97 Å². The van der Waals surface area contributed by atoms with Crippen LogP contribution in [0.15, 0.2) is 0 Å². The van der Waals surface area contributed by atoms with E-state index in [9.17, 15) is 9.90 Å². The first kappa shape index (κ1) is 39.5. The van der Waals surface area contributed by atoms with Gasteiger partial charge in [-0.2, -0.15) is 0 Å². The molecule has 0 radical (unpaired) electrons. The summed E-state index contributed by atoms with van der Waals surface area (Å²) in [6.07, 6.45) is 38.0. The minimum Gasteiger partial charge on any atom is -0.481 e. The van der Waals surface area contributed by atoms with Gasteiger partial charge in [-0.15, -0.1) is 0 Å². The average Bonchev–Trinajstić information content (AvgIpc) is 2.95. The zero-order chi connectivity index (χ0) is 29.8. The van der Waals surface area contributed by atoms with Crippen LogP contribution in [-0.4, -0.2) is 11.1 Å². The second-order valence-electron chi connectivity index (χ2n) is 13.7. The third kappa shape index (κ3) is 19.6. The van der Waals surface area contributed by atoms with Gasteiger partial charge in [-0.05, 0) is 50.4 Å². The number of carboxylic acids is 1. The monoisotopic (exact) mass is 565 g/mol. The summed E-state index contributed by atoms with van der Waals surface area (Å²) in [5, 5.41) is 10.4. The van der Waals surface area contributed by atoms with Gasteiger partial charge in [0.1, 0.15) is 0 Å². The summed E-state index contributed by atoms with van der Waals surface area (Å²) in [5.74, 6) is -0.502. The molecule has 0 aliphatic heterocycles. The molecule has 0 saturated carbocycles. The third-order valence-corrected chi connectivity index (χ3v) is 10.0. The molecule has 0 heterocycles. The predicted octanol–water partition coefficient (Wildman–Crippen LogP) is 13.8. The van der Waals surface area contributed by atoms with Gasteiger partial charge in [0.05, 0.1) is 5.41 Å². The molecule has 0 spiro atoms. The second-order valence-corrected chi connectivity index (χ2v) is 13.7. The lowest BCUT2D eigenvalue weighted by atomic mass is 9.70. The zero-order valence-electron chi connectivity index (χ0n) is 28.6. The van der Waals surface area contributed by atoms with Crippen molar-refractivity contribution in [2.24, 2.45) is 10.8 Å². The summed E-state index contributed by atoms with van der Waals surface area (Å²) in [7, 11) is 0. The predicted molar refractivity (Wildman–Crippen MR) is 179 cm³/mol. The van der Waals surface area contributed by atoms with E-state index in [-0.39, 0.29) is 0 Å². The molecule has 0 unspecified atom stereocenters. The lowest BCUT2D eigenvalue weighted by molar-refractivity contribution is -0.150. The molecule has 0 aromatic heterocycles. The Morgan fingerprint density at radius 1 is 0.375 bits per heavy atom. The van der Waals surface area contributed by atoms with Crippen molar-refractivity contribution in [3.63, 3.8) is 0 Å². The highest BCUT2D eigenvalue weighted by Gasteiger charge is 2.37. The fourth-order valence-corrected chi connectivity index (χ4v) is 7.15. The molecule has 0 aliphatic rings. The van der Waals surface area contributed by atoms with Crippen molar-refractivity contribution in [1.29, 1.82) is 0 Å². The minimum atomic E-state index is -0.502. The molecule has 0 bridgehead atoms. The van der Waals surface area contributed by atoms with Crippen molar-refractivity contribution >= 4 is 5.97 Å². The maximum absolute atomic E-state index is 12.7. The van der Waals surface area contributed by atoms with Gasteiger partial charge in [-0.1, -0.05) is 182 Å². The molecule has 2 nitrogen and oxygen atoms in total. The van der Waals surface area contributed by atoms with Crippen LogP contribution in [0, 0.1) is 10.8 Å². The van der Waals surface area contributed by atoms with E-state index < -0.39 is 11.4 Å². The molecule has 0 saturated heterocycles. The molecule has 240 valence electrons. The second kappa shape index (κ2) is 27.3. The normalized spacial score (nSPS) is 12.3. The molecule has 0 aromatic rings. The number of hydrogen-bond donors (Lipinski definition) is 1. The Kier molecular flexibility index (Phi) is 27.0. The summed E-state index contributed by atoms with van der Waals surface area (Å²) >= 11 is 0. The van der Waals surface area contributed by atoms with E-state index in [2.05, 4.69) is 34.6 Å². The van der Waals surface area contributed by atoms with Gasteiger partial charge in [0.2, 0.25) is 0 Å². The van der Waals surface area contributed by atoms with Crippen LogP contribution in [0.5, 0.6) is 0 Å². The maximum Gasteiger partial charge on any atom is 0.309 e. The standard InChI is InChI=1S/C38H76O2/c1-6-11-16-22-29-37(30-23-17-12-7-2,31-24-18-13-8-3)32-25-21-28-35-38(36(39)40,33-26-19-14-9-4)34-27-20-15-10-5/h6-35H2,1-5H3,(H,39,40). The number of unbranched alkanes of at least 4 members (excludes halogenated alkanes) is 17. The van der Waals surface area contributed by atoms with Crippen LogP contribution in [0.3, 0.4) is 0 Å². The number of aliphatic carboxylic acids is 1. The van der Waals surface area contributed by atoms with Gasteiger partial charge < -0.3 is 5.11 Å². The Labute approximate surface area is 253 Å². The maximum atomic E-state index is 12.7. The molecule has 0 aliphatic carbocycles. The average molecular weight is 565 g/mol. The Morgan fingerprint density at radius 2 is 0.600 bits per heavy atom. The molecule has 0 amide bonds. The van der Waals surface area contributed by atoms with Crippen LogP contribution in [0.4, 0.5) is 0 Å². The highest BCUT2D eigenvalue weighted by molar-refractivity contribution is 5.74. The molecule has 0 rings (SSSR count). The Hall–Kier alpha value is -0.530. The summed E-state index contributed by atoms with van der Waals surface area (Å²) in [4.78, 5) is 12.7. The Bertz CT molecular complexity index is 496. The van der Waals surface area contributed by atoms with Gasteiger partial charge in [-0.25, -0.2) is 0 Å². The van der Waals surface area contributed by atoms with Gasteiger partial charge in [0, 0.05) is 0 Å². The molecular weight excluding hydrogens is 488 g/mol. The van der Waals surface area contributed by atoms with E-state index in [0.717, 1.165) is 38.5 Å². The SMILES string of the molecule is CCCCCCC(CCCCCC)(CCCCCC)CCCCCC(CCCCCC)(CCCCCC)C(=O)O. The van der Waals surface area contributed by atoms with Crippen LogP contribution < -0.4 is 0 Å². The molecule has 0 aromatic carbocycles. The van der Waals surface area contributed by atoms with Crippen LogP contribution in [-0.2, 0) is 4.79 Å². The number of rotatable bonds is 32. The Balaban J connectivity index is 5.24. The first-order valence-electron chi connectivity index (χ1n) is 18.7. The summed E-state index contributed by atoms with van der Waals surface area (Å²) < 4.78 is 0. The van der Waals surface area contributed by atoms with E-state index >= 15 is 0 Å². The van der Waals surface area contributed by atoms with Crippen LogP contribution in [0.2, 0.25) is 0 Å².